The molecule has 0 bridgehead atoms. The fraction of sp³-hybridized carbons (Fsp3) is 0.292. The summed E-state index contributed by atoms with van der Waals surface area (Å²) in [6, 6.07) is 15.7. The first-order valence-corrected chi connectivity index (χ1v) is 10.6. The highest BCUT2D eigenvalue weighted by atomic mass is 127. The van der Waals surface area contributed by atoms with Gasteiger partial charge >= 0.3 is 0 Å². The third-order valence-electron chi connectivity index (χ3n) is 5.54. The minimum atomic E-state index is 0. The molecule has 3 aromatic rings. The minimum absolute atomic E-state index is 0. The third-order valence-corrected chi connectivity index (χ3v) is 6.66. The molecule has 4 heteroatoms. The van der Waals surface area contributed by atoms with E-state index in [0.29, 0.717) is 0 Å². The molecule has 0 saturated heterocycles. The van der Waals surface area contributed by atoms with Crippen LogP contribution in [-0.4, -0.2) is 6.54 Å². The van der Waals surface area contributed by atoms with E-state index in [1.54, 1.807) is 0 Å². The highest BCUT2D eigenvalue weighted by molar-refractivity contribution is 8.03. The normalized spacial score (nSPS) is 14.5. The lowest BCUT2D eigenvalue weighted by atomic mass is 10.0. The summed E-state index contributed by atoms with van der Waals surface area (Å²) in [5.41, 5.74) is 7.98. The Morgan fingerprint density at radius 1 is 0.964 bits per heavy atom. The topological polar surface area (TPSA) is 7.12 Å². The maximum atomic E-state index is 2.44. The fourth-order valence-corrected chi connectivity index (χ4v) is 5.11. The molecule has 0 N–H and O–H groups in total. The van der Waals surface area contributed by atoms with E-state index in [4.69, 9.17) is 0 Å². The summed E-state index contributed by atoms with van der Waals surface area (Å²) in [4.78, 5) is 3.76. The molecule has 0 amide bonds. The molecule has 2 aromatic carbocycles. The van der Waals surface area contributed by atoms with Gasteiger partial charge < -0.3 is 28.9 Å². The molecule has 4 rings (SSSR count). The predicted octanol–water partition coefficient (Wildman–Crippen LogP) is 3.01. The highest BCUT2D eigenvalue weighted by Gasteiger charge is 2.25. The van der Waals surface area contributed by atoms with Crippen molar-refractivity contribution in [2.24, 2.45) is 0 Å². The van der Waals surface area contributed by atoms with Crippen molar-refractivity contribution in [2.75, 3.05) is 11.4 Å². The van der Waals surface area contributed by atoms with E-state index in [-0.39, 0.29) is 24.0 Å². The highest BCUT2D eigenvalue weighted by Crippen LogP contribution is 2.46. The van der Waals surface area contributed by atoms with Gasteiger partial charge in [0.15, 0.2) is 0 Å². The van der Waals surface area contributed by atoms with E-state index < -0.39 is 0 Å². The van der Waals surface area contributed by atoms with Crippen molar-refractivity contribution in [3.05, 3.63) is 69.9 Å². The molecular weight excluding hydrogens is 475 g/mol. The Morgan fingerprint density at radius 3 is 2.39 bits per heavy atom. The molecule has 146 valence electrons. The van der Waals surface area contributed by atoms with Crippen LogP contribution in [0.5, 0.6) is 0 Å². The first kappa shape index (κ1) is 21.2. The Hall–Kier alpha value is -1.53. The molecular formula is C24H27IN2S. The maximum absolute atomic E-state index is 2.44. The van der Waals surface area contributed by atoms with Gasteiger partial charge in [0.25, 0.3) is 0 Å². The number of fused-ring (bicyclic) bond motifs is 2. The van der Waals surface area contributed by atoms with Gasteiger partial charge in [0.1, 0.15) is 6.54 Å². The predicted molar refractivity (Wildman–Crippen MR) is 117 cm³/mol. The standard InChI is InChI=1S/C24H27N2S.HI/c1-6-25-19(12-18(5)20-13-16(3)17(4)14-22(20)25)15-24-26(7-2)21-10-8-9-11-23(21)27-24;/h8-15H,6-7H2,1-5H3;1H/q+1;/p-1. The van der Waals surface area contributed by atoms with Gasteiger partial charge in [0, 0.05) is 35.0 Å². The molecule has 0 atom stereocenters. The summed E-state index contributed by atoms with van der Waals surface area (Å²) in [6.07, 6.45) is 2.36. The zero-order valence-electron chi connectivity index (χ0n) is 17.2. The van der Waals surface area contributed by atoms with Crippen LogP contribution in [-0.2, 0) is 6.54 Å². The number of aromatic nitrogens is 1. The number of rotatable bonds is 3. The fourth-order valence-electron chi connectivity index (χ4n) is 3.94. The lowest BCUT2D eigenvalue weighted by molar-refractivity contribution is -0.669. The second kappa shape index (κ2) is 8.46. The molecule has 28 heavy (non-hydrogen) atoms. The van der Waals surface area contributed by atoms with Gasteiger partial charge in [0.2, 0.25) is 11.2 Å². The SMILES string of the molecule is CCN1/C(=C/c2cc(C)c3cc(C)c(C)cc3[n+]2CC)Sc2ccccc21.[I-]. The van der Waals surface area contributed by atoms with Gasteiger partial charge in [-0.1, -0.05) is 23.9 Å². The van der Waals surface area contributed by atoms with Crippen LogP contribution in [0.25, 0.3) is 17.0 Å². The Bertz CT molecular complexity index is 1070. The molecule has 2 nitrogen and oxygen atoms in total. The number of aryl methyl sites for hydroxylation is 4. The second-order valence-electron chi connectivity index (χ2n) is 7.25. The Balaban J connectivity index is 0.00000225. The van der Waals surface area contributed by atoms with Crippen molar-refractivity contribution in [1.29, 1.82) is 0 Å². The summed E-state index contributed by atoms with van der Waals surface area (Å²) >= 11 is 1.87. The Labute approximate surface area is 189 Å². The number of hydrogen-bond donors (Lipinski definition) is 0. The zero-order chi connectivity index (χ0) is 19.1. The Morgan fingerprint density at radius 2 is 1.68 bits per heavy atom. The first-order valence-electron chi connectivity index (χ1n) is 9.74. The molecule has 0 unspecified atom stereocenters. The van der Waals surface area contributed by atoms with E-state index in [1.165, 1.54) is 48.9 Å². The van der Waals surface area contributed by atoms with Gasteiger partial charge in [-0.25, -0.2) is 0 Å². The summed E-state index contributed by atoms with van der Waals surface area (Å²) in [7, 11) is 0. The average molecular weight is 502 g/mol. The summed E-state index contributed by atoms with van der Waals surface area (Å²) < 4.78 is 2.44. The van der Waals surface area contributed by atoms with E-state index >= 15 is 0 Å². The molecule has 1 aromatic heterocycles. The van der Waals surface area contributed by atoms with E-state index in [2.05, 4.69) is 92.6 Å². The lowest BCUT2D eigenvalue weighted by Gasteiger charge is -2.18. The van der Waals surface area contributed by atoms with Crippen LogP contribution in [0.2, 0.25) is 0 Å². The van der Waals surface area contributed by atoms with Gasteiger partial charge in [-0.2, -0.15) is 4.57 Å². The van der Waals surface area contributed by atoms with Gasteiger partial charge in [-0.15, -0.1) is 0 Å². The van der Waals surface area contributed by atoms with Crippen LogP contribution in [0.4, 0.5) is 5.69 Å². The van der Waals surface area contributed by atoms with Crippen LogP contribution in [0.3, 0.4) is 0 Å². The van der Waals surface area contributed by atoms with Crippen molar-refractivity contribution in [2.45, 2.75) is 46.1 Å². The van der Waals surface area contributed by atoms with E-state index in [9.17, 15) is 0 Å². The average Bonchev–Trinajstić information content (AvgIpc) is 3.01. The molecule has 2 heterocycles. The summed E-state index contributed by atoms with van der Waals surface area (Å²) in [6.45, 7) is 13.0. The van der Waals surface area contributed by atoms with Gasteiger partial charge in [-0.3, -0.25) is 0 Å². The summed E-state index contributed by atoms with van der Waals surface area (Å²) in [5, 5.41) is 2.67. The number of halogens is 1. The zero-order valence-corrected chi connectivity index (χ0v) is 20.2. The second-order valence-corrected chi connectivity index (χ2v) is 8.31. The molecule has 0 fully saturated rings. The van der Waals surface area contributed by atoms with Crippen LogP contribution >= 0.6 is 11.8 Å². The number of pyridine rings is 1. The van der Waals surface area contributed by atoms with E-state index in [1.807, 2.05) is 11.8 Å². The van der Waals surface area contributed by atoms with Crippen LogP contribution < -0.4 is 33.4 Å². The Kier molecular flexibility index (Phi) is 6.40. The number of para-hydroxylation sites is 1. The van der Waals surface area contributed by atoms with Gasteiger partial charge in [-0.05, 0) is 69.5 Å². The van der Waals surface area contributed by atoms with Gasteiger partial charge in [0.05, 0.1) is 10.7 Å². The summed E-state index contributed by atoms with van der Waals surface area (Å²) in [5.74, 6) is 0. The number of thioether (sulfide) groups is 1. The number of benzene rings is 2. The van der Waals surface area contributed by atoms with Crippen molar-refractivity contribution in [1.82, 2.24) is 0 Å². The molecule has 0 aliphatic carbocycles. The first-order chi connectivity index (χ1) is 13.0. The van der Waals surface area contributed by atoms with Crippen LogP contribution in [0.15, 0.2) is 52.4 Å². The van der Waals surface area contributed by atoms with Crippen molar-refractivity contribution in [3.8, 4) is 0 Å². The molecule has 1 aliphatic heterocycles. The largest absolute Gasteiger partial charge is 1.00 e. The quantitative estimate of drug-likeness (QED) is 0.402. The van der Waals surface area contributed by atoms with Crippen molar-refractivity contribution in [3.63, 3.8) is 0 Å². The lowest BCUT2D eigenvalue weighted by Crippen LogP contribution is -3.00. The van der Waals surface area contributed by atoms with Crippen molar-refractivity contribution >= 4 is 34.4 Å². The van der Waals surface area contributed by atoms with E-state index in [0.717, 1.165) is 13.1 Å². The van der Waals surface area contributed by atoms with Crippen LogP contribution in [0, 0.1) is 20.8 Å². The monoisotopic (exact) mass is 502 g/mol. The molecule has 0 radical (unpaired) electrons. The smallest absolute Gasteiger partial charge is 0.213 e. The third kappa shape index (κ3) is 3.57. The molecule has 0 saturated carbocycles. The number of nitrogens with zero attached hydrogens (tertiary/aromatic N) is 2. The molecule has 0 spiro atoms. The maximum Gasteiger partial charge on any atom is 0.213 e. The molecule has 1 aliphatic rings. The number of anilines is 1. The number of hydrogen-bond acceptors (Lipinski definition) is 2. The van der Waals surface area contributed by atoms with Crippen molar-refractivity contribution < 1.29 is 28.5 Å². The van der Waals surface area contributed by atoms with Crippen LogP contribution in [0.1, 0.15) is 36.2 Å². The minimum Gasteiger partial charge on any atom is -1.00 e.